The highest BCUT2D eigenvalue weighted by Gasteiger charge is 2.57. The summed E-state index contributed by atoms with van der Waals surface area (Å²) in [5.74, 6) is -11.7. The van der Waals surface area contributed by atoms with Crippen LogP contribution in [0.4, 0.5) is 26.3 Å². The predicted molar refractivity (Wildman–Crippen MR) is 78.8 cm³/mol. The summed E-state index contributed by atoms with van der Waals surface area (Å²) in [4.78, 5) is 3.49. The third kappa shape index (κ3) is 3.42. The molecule has 0 N–H and O–H groups in total. The zero-order valence-corrected chi connectivity index (χ0v) is 13.4. The van der Waals surface area contributed by atoms with Gasteiger partial charge in [-0.05, 0) is 6.07 Å². The molecule has 9 heteroatoms. The number of halogens is 6. The van der Waals surface area contributed by atoms with Crippen LogP contribution in [-0.2, 0) is 5.92 Å². The smallest absolute Gasteiger partial charge is 0.293 e. The maximum absolute atomic E-state index is 14.3. The van der Waals surface area contributed by atoms with Crippen molar-refractivity contribution in [3.8, 4) is 17.2 Å². The molecule has 0 saturated heterocycles. The molecule has 1 saturated carbocycles. The monoisotopic (exact) mass is 377 g/mol. The SMILES string of the molecule is COc1cc(F)c(Oc2ccnc(C(F)(F)C3CC(F)(F)C3)c2)c(F)c1. The number of nitrogens with zero attached hydrogens (tertiary/aromatic N) is 1. The van der Waals surface area contributed by atoms with Crippen molar-refractivity contribution in [2.45, 2.75) is 24.7 Å². The number of benzene rings is 1. The minimum Gasteiger partial charge on any atom is -0.497 e. The molecule has 26 heavy (non-hydrogen) atoms. The first-order valence-corrected chi connectivity index (χ1v) is 7.55. The van der Waals surface area contributed by atoms with Gasteiger partial charge in [0.05, 0.1) is 7.11 Å². The van der Waals surface area contributed by atoms with Gasteiger partial charge in [-0.1, -0.05) is 0 Å². The normalized spacial score (nSPS) is 16.9. The van der Waals surface area contributed by atoms with E-state index in [1.807, 2.05) is 0 Å². The lowest BCUT2D eigenvalue weighted by Crippen LogP contribution is -2.44. The molecule has 140 valence electrons. The summed E-state index contributed by atoms with van der Waals surface area (Å²) in [5, 5.41) is 0. The van der Waals surface area contributed by atoms with Gasteiger partial charge in [-0.2, -0.15) is 8.78 Å². The van der Waals surface area contributed by atoms with Crippen molar-refractivity contribution in [2.24, 2.45) is 5.92 Å². The van der Waals surface area contributed by atoms with Crippen LogP contribution in [0.15, 0.2) is 30.5 Å². The van der Waals surface area contributed by atoms with Crippen LogP contribution in [0.25, 0.3) is 0 Å². The van der Waals surface area contributed by atoms with E-state index in [9.17, 15) is 26.3 Å². The third-order valence-corrected chi connectivity index (χ3v) is 4.10. The maximum Gasteiger partial charge on any atom is 0.293 e. The molecule has 3 nitrogen and oxygen atoms in total. The van der Waals surface area contributed by atoms with Crippen molar-refractivity contribution < 1.29 is 35.8 Å². The zero-order chi connectivity index (χ0) is 19.1. The zero-order valence-electron chi connectivity index (χ0n) is 13.4. The first kappa shape index (κ1) is 18.3. The van der Waals surface area contributed by atoms with Gasteiger partial charge in [-0.15, -0.1) is 0 Å². The molecule has 0 aliphatic heterocycles. The molecule has 2 aromatic rings. The average molecular weight is 377 g/mol. The van der Waals surface area contributed by atoms with E-state index in [-0.39, 0.29) is 11.5 Å². The Morgan fingerprint density at radius 2 is 1.69 bits per heavy atom. The summed E-state index contributed by atoms with van der Waals surface area (Å²) in [6, 6.07) is 3.63. The minimum atomic E-state index is -3.61. The summed E-state index contributed by atoms with van der Waals surface area (Å²) in [5.41, 5.74) is -0.801. The van der Waals surface area contributed by atoms with Crippen LogP contribution in [0.2, 0.25) is 0 Å². The largest absolute Gasteiger partial charge is 0.497 e. The standard InChI is InChI=1S/C17H13F6NO2/c1-25-11-4-12(18)15(13(19)5-11)26-10-2-3-24-14(6-10)17(22,23)9-7-16(20,21)8-9/h2-6,9H,7-8H2,1H3. The molecule has 0 amide bonds. The highest BCUT2D eigenvalue weighted by Crippen LogP contribution is 2.53. The molecule has 1 aliphatic carbocycles. The molecular weight excluding hydrogens is 364 g/mol. The fourth-order valence-electron chi connectivity index (χ4n) is 2.65. The summed E-state index contributed by atoms with van der Waals surface area (Å²) < 4.78 is 91.9. The summed E-state index contributed by atoms with van der Waals surface area (Å²) in [6.07, 6.45) is -0.947. The van der Waals surface area contributed by atoms with E-state index in [0.717, 1.165) is 30.5 Å². The molecule has 0 unspecified atom stereocenters. The molecule has 1 heterocycles. The van der Waals surface area contributed by atoms with E-state index in [2.05, 4.69) is 4.98 Å². The number of rotatable bonds is 5. The van der Waals surface area contributed by atoms with Crippen molar-refractivity contribution >= 4 is 0 Å². The molecule has 1 fully saturated rings. The molecule has 0 atom stereocenters. The van der Waals surface area contributed by atoms with Crippen molar-refractivity contribution in [2.75, 3.05) is 7.11 Å². The first-order chi connectivity index (χ1) is 12.1. The highest BCUT2D eigenvalue weighted by molar-refractivity contribution is 5.38. The van der Waals surface area contributed by atoms with Gasteiger partial charge in [0, 0.05) is 43.2 Å². The van der Waals surface area contributed by atoms with Gasteiger partial charge in [0.15, 0.2) is 17.4 Å². The lowest BCUT2D eigenvalue weighted by Gasteiger charge is -2.39. The van der Waals surface area contributed by atoms with Crippen molar-refractivity contribution in [3.05, 3.63) is 47.8 Å². The Morgan fingerprint density at radius 1 is 1.08 bits per heavy atom. The minimum absolute atomic E-state index is 0.0831. The number of methoxy groups -OCH3 is 1. The molecule has 1 aromatic heterocycles. The van der Waals surface area contributed by atoms with Crippen LogP contribution in [0.1, 0.15) is 18.5 Å². The summed E-state index contributed by atoms with van der Waals surface area (Å²) >= 11 is 0. The Morgan fingerprint density at radius 3 is 2.23 bits per heavy atom. The van der Waals surface area contributed by atoms with E-state index in [1.54, 1.807) is 0 Å². The topological polar surface area (TPSA) is 31.4 Å². The Balaban J connectivity index is 1.85. The Bertz CT molecular complexity index is 796. The molecule has 0 bridgehead atoms. The van der Waals surface area contributed by atoms with E-state index in [4.69, 9.17) is 9.47 Å². The van der Waals surface area contributed by atoms with Crippen LogP contribution in [0.5, 0.6) is 17.2 Å². The maximum atomic E-state index is 14.3. The van der Waals surface area contributed by atoms with E-state index in [0.29, 0.717) is 0 Å². The van der Waals surface area contributed by atoms with Crippen molar-refractivity contribution in [3.63, 3.8) is 0 Å². The fraction of sp³-hybridized carbons (Fsp3) is 0.353. The molecule has 0 spiro atoms. The molecule has 1 aliphatic rings. The Labute approximate surface area is 144 Å². The quantitative estimate of drug-likeness (QED) is 0.663. The molecule has 3 rings (SSSR count). The van der Waals surface area contributed by atoms with Crippen LogP contribution in [0.3, 0.4) is 0 Å². The van der Waals surface area contributed by atoms with Gasteiger partial charge in [0.25, 0.3) is 5.92 Å². The van der Waals surface area contributed by atoms with Gasteiger partial charge < -0.3 is 9.47 Å². The second-order valence-electron chi connectivity index (χ2n) is 5.98. The number of pyridine rings is 1. The summed E-state index contributed by atoms with van der Waals surface area (Å²) in [6.45, 7) is 0. The predicted octanol–water partition coefficient (Wildman–Crippen LogP) is 5.30. The van der Waals surface area contributed by atoms with Gasteiger partial charge in [-0.3, -0.25) is 4.98 Å². The first-order valence-electron chi connectivity index (χ1n) is 7.55. The van der Waals surface area contributed by atoms with Crippen molar-refractivity contribution in [1.82, 2.24) is 4.98 Å². The lowest BCUT2D eigenvalue weighted by atomic mass is 9.76. The second kappa shape index (κ2) is 6.37. The van der Waals surface area contributed by atoms with E-state index >= 15 is 0 Å². The molecular formula is C17H13F6NO2. The fourth-order valence-corrected chi connectivity index (χ4v) is 2.65. The summed E-state index contributed by atoms with van der Waals surface area (Å²) in [7, 11) is 1.22. The van der Waals surface area contributed by atoms with E-state index in [1.165, 1.54) is 7.11 Å². The second-order valence-corrected chi connectivity index (χ2v) is 5.98. The van der Waals surface area contributed by atoms with Crippen LogP contribution < -0.4 is 9.47 Å². The van der Waals surface area contributed by atoms with Crippen molar-refractivity contribution in [1.29, 1.82) is 0 Å². The third-order valence-electron chi connectivity index (χ3n) is 4.10. The van der Waals surface area contributed by atoms with Gasteiger partial charge in [0.2, 0.25) is 5.92 Å². The van der Waals surface area contributed by atoms with Crippen LogP contribution >= 0.6 is 0 Å². The Hall–Kier alpha value is -2.45. The van der Waals surface area contributed by atoms with Crippen LogP contribution in [0, 0.1) is 17.6 Å². The van der Waals surface area contributed by atoms with Gasteiger partial charge in [0.1, 0.15) is 17.2 Å². The lowest BCUT2D eigenvalue weighted by molar-refractivity contribution is -0.199. The highest BCUT2D eigenvalue weighted by atomic mass is 19.3. The Kier molecular flexibility index (Phi) is 4.49. The van der Waals surface area contributed by atoms with Gasteiger partial charge >= 0.3 is 0 Å². The number of hydrogen-bond acceptors (Lipinski definition) is 3. The van der Waals surface area contributed by atoms with E-state index < -0.39 is 53.7 Å². The molecule has 0 radical (unpaired) electrons. The van der Waals surface area contributed by atoms with Crippen LogP contribution in [-0.4, -0.2) is 18.0 Å². The number of ether oxygens (including phenoxy) is 2. The van der Waals surface area contributed by atoms with Gasteiger partial charge in [-0.25, -0.2) is 17.6 Å². The number of alkyl halides is 4. The average Bonchev–Trinajstić information content (AvgIpc) is 2.56. The number of hydrogen-bond donors (Lipinski definition) is 0. The number of aromatic nitrogens is 1. The molecule has 1 aromatic carbocycles.